The van der Waals surface area contributed by atoms with Gasteiger partial charge in [-0.1, -0.05) is 77.5 Å². The van der Waals surface area contributed by atoms with Crippen LogP contribution in [0.15, 0.2) is 36.5 Å². The number of hydrogen-bond acceptors (Lipinski definition) is 5. The third-order valence-electron chi connectivity index (χ3n) is 8.71. The first-order valence-electron chi connectivity index (χ1n) is 15.5. The summed E-state index contributed by atoms with van der Waals surface area (Å²) in [5.41, 5.74) is 0. The number of allylic oxidation sites excluding steroid dienone is 6. The standard InChI is InChI=1S/C33H55N3O5/c1-9-24(4)31(35(6)29(37)21-23(2)3)28(40-7)22-30(38)36-20-14-17-27(36)32(41-8)25(5)33(39)34-19-18-26-15-12-10-11-13-16-26/h10-13,15-16,23-28,31-32H,9,14,17-22H2,1-8H3,(H,34,39)/t24-,25+,27?,28+,31-,32+/m0/s1. The van der Waals surface area contributed by atoms with Crippen molar-refractivity contribution in [2.24, 2.45) is 23.7 Å². The lowest BCUT2D eigenvalue weighted by Gasteiger charge is -2.39. The largest absolute Gasteiger partial charge is 0.379 e. The zero-order valence-electron chi connectivity index (χ0n) is 26.7. The molecule has 1 saturated heterocycles. The van der Waals surface area contributed by atoms with Crippen LogP contribution in [-0.4, -0.2) is 86.2 Å². The highest BCUT2D eigenvalue weighted by Crippen LogP contribution is 2.29. The Bertz CT molecular complexity index is 914. The van der Waals surface area contributed by atoms with Gasteiger partial charge >= 0.3 is 0 Å². The Kier molecular flexibility index (Phi) is 14.8. The molecule has 2 rings (SSSR count). The minimum absolute atomic E-state index is 0.0208. The summed E-state index contributed by atoms with van der Waals surface area (Å²) in [5, 5.41) is 3.08. The topological polar surface area (TPSA) is 88.2 Å². The molecule has 0 aromatic carbocycles. The maximum Gasteiger partial charge on any atom is 0.225 e. The van der Waals surface area contributed by atoms with Crippen molar-refractivity contribution in [3.63, 3.8) is 0 Å². The predicted molar refractivity (Wildman–Crippen MR) is 164 cm³/mol. The number of methoxy groups -OCH3 is 2. The molecule has 1 aliphatic heterocycles. The number of likely N-dealkylation sites (N-methyl/N-ethyl adjacent to an activating group) is 1. The molecule has 0 radical (unpaired) electrons. The number of hydrogen-bond donors (Lipinski definition) is 1. The normalized spacial score (nSPS) is 20.9. The molecule has 3 amide bonds. The summed E-state index contributed by atoms with van der Waals surface area (Å²) >= 11 is 0. The van der Waals surface area contributed by atoms with Crippen LogP contribution in [0.4, 0.5) is 0 Å². The fourth-order valence-corrected chi connectivity index (χ4v) is 6.14. The van der Waals surface area contributed by atoms with Crippen LogP contribution in [0.5, 0.6) is 0 Å². The van der Waals surface area contributed by atoms with Crippen LogP contribution in [0.3, 0.4) is 0 Å². The van der Waals surface area contributed by atoms with Crippen molar-refractivity contribution < 1.29 is 23.9 Å². The zero-order valence-corrected chi connectivity index (χ0v) is 26.7. The summed E-state index contributed by atoms with van der Waals surface area (Å²) in [5.74, 6) is 0.282. The maximum absolute atomic E-state index is 13.8. The van der Waals surface area contributed by atoms with Crippen molar-refractivity contribution in [3.05, 3.63) is 36.5 Å². The summed E-state index contributed by atoms with van der Waals surface area (Å²) in [7, 11) is 5.07. The lowest BCUT2D eigenvalue weighted by molar-refractivity contribution is -0.146. The number of nitrogens with zero attached hydrogens (tertiary/aromatic N) is 2. The average Bonchev–Trinajstić information content (AvgIpc) is 3.28. The first-order valence-corrected chi connectivity index (χ1v) is 15.5. The highest BCUT2D eigenvalue weighted by Gasteiger charge is 2.41. The van der Waals surface area contributed by atoms with E-state index in [9.17, 15) is 14.4 Å². The molecule has 0 aromatic rings. The highest BCUT2D eigenvalue weighted by molar-refractivity contribution is 5.80. The molecule has 1 unspecified atom stereocenters. The third kappa shape index (κ3) is 10.1. The molecule has 232 valence electrons. The van der Waals surface area contributed by atoms with Crippen molar-refractivity contribution in [1.29, 1.82) is 0 Å². The third-order valence-corrected chi connectivity index (χ3v) is 8.71. The predicted octanol–water partition coefficient (Wildman–Crippen LogP) is 4.76. The van der Waals surface area contributed by atoms with Gasteiger partial charge in [0.25, 0.3) is 0 Å². The van der Waals surface area contributed by atoms with E-state index in [1.54, 1.807) is 19.1 Å². The molecule has 1 fully saturated rings. The van der Waals surface area contributed by atoms with E-state index >= 15 is 0 Å². The van der Waals surface area contributed by atoms with E-state index < -0.39 is 18.1 Å². The first-order chi connectivity index (χ1) is 19.5. The molecular formula is C33H55N3O5. The van der Waals surface area contributed by atoms with Gasteiger partial charge in [-0.05, 0) is 37.0 Å². The molecule has 1 aliphatic carbocycles. The molecule has 1 heterocycles. The molecule has 6 atom stereocenters. The van der Waals surface area contributed by atoms with Gasteiger partial charge in [-0.15, -0.1) is 0 Å². The van der Waals surface area contributed by atoms with E-state index in [4.69, 9.17) is 9.47 Å². The smallest absolute Gasteiger partial charge is 0.225 e. The number of likely N-dealkylation sites (tertiary alicyclic amines) is 1. The highest BCUT2D eigenvalue weighted by atomic mass is 16.5. The Morgan fingerprint density at radius 2 is 1.66 bits per heavy atom. The minimum Gasteiger partial charge on any atom is -0.379 e. The van der Waals surface area contributed by atoms with Crippen LogP contribution in [0.2, 0.25) is 0 Å². The summed E-state index contributed by atoms with van der Waals surface area (Å²) in [6.45, 7) is 11.4. The average molecular weight is 574 g/mol. The van der Waals surface area contributed by atoms with E-state index in [0.717, 1.165) is 25.7 Å². The second-order valence-electron chi connectivity index (χ2n) is 12.1. The first kappa shape index (κ1) is 34.7. The Balaban J connectivity index is 2.07. The summed E-state index contributed by atoms with van der Waals surface area (Å²) in [4.78, 5) is 43.5. The van der Waals surface area contributed by atoms with E-state index in [0.29, 0.717) is 19.5 Å². The van der Waals surface area contributed by atoms with Gasteiger partial charge in [-0.2, -0.15) is 0 Å². The minimum atomic E-state index is -0.427. The monoisotopic (exact) mass is 573 g/mol. The van der Waals surface area contributed by atoms with Crippen LogP contribution in [0, 0.1) is 23.7 Å². The Labute approximate surface area is 248 Å². The summed E-state index contributed by atoms with van der Waals surface area (Å²) in [6.07, 6.45) is 15.5. The van der Waals surface area contributed by atoms with Gasteiger partial charge in [0.15, 0.2) is 0 Å². The van der Waals surface area contributed by atoms with Gasteiger partial charge < -0.3 is 24.6 Å². The van der Waals surface area contributed by atoms with Gasteiger partial charge in [0.2, 0.25) is 17.7 Å². The molecule has 0 saturated carbocycles. The molecule has 0 spiro atoms. The Morgan fingerprint density at radius 3 is 2.22 bits per heavy atom. The fourth-order valence-electron chi connectivity index (χ4n) is 6.14. The zero-order chi connectivity index (χ0) is 30.5. The molecule has 1 N–H and O–H groups in total. The molecule has 2 aliphatic rings. The van der Waals surface area contributed by atoms with Gasteiger partial charge in [0.05, 0.1) is 36.6 Å². The van der Waals surface area contributed by atoms with Crippen molar-refractivity contribution in [1.82, 2.24) is 15.1 Å². The lowest BCUT2D eigenvalue weighted by atomic mass is 9.90. The van der Waals surface area contributed by atoms with Gasteiger partial charge in [-0.3, -0.25) is 14.4 Å². The summed E-state index contributed by atoms with van der Waals surface area (Å²) in [6, 6.07) is -0.398. The molecule has 41 heavy (non-hydrogen) atoms. The molecule has 0 aromatic heterocycles. The molecule has 8 heteroatoms. The molecule has 8 nitrogen and oxygen atoms in total. The Hall–Kier alpha value is -2.45. The van der Waals surface area contributed by atoms with Crippen LogP contribution in [0.25, 0.3) is 0 Å². The van der Waals surface area contributed by atoms with Crippen molar-refractivity contribution in [2.75, 3.05) is 34.4 Å². The van der Waals surface area contributed by atoms with Crippen LogP contribution < -0.4 is 5.32 Å². The van der Waals surface area contributed by atoms with E-state index in [1.807, 2.05) is 57.0 Å². The van der Waals surface area contributed by atoms with Gasteiger partial charge in [0.1, 0.15) is 0 Å². The second kappa shape index (κ2) is 17.5. The second-order valence-corrected chi connectivity index (χ2v) is 12.1. The van der Waals surface area contributed by atoms with E-state index in [1.165, 1.54) is 0 Å². The number of carbonyl (C=O) groups excluding carboxylic acids is 3. The van der Waals surface area contributed by atoms with Gasteiger partial charge in [-0.25, -0.2) is 0 Å². The van der Waals surface area contributed by atoms with Crippen molar-refractivity contribution >= 4 is 17.7 Å². The molecular weight excluding hydrogens is 518 g/mol. The van der Waals surface area contributed by atoms with E-state index in [-0.39, 0.29) is 54.0 Å². The fraction of sp³-hybridized carbons (Fsp3) is 0.727. The number of carbonyl (C=O) groups is 3. The van der Waals surface area contributed by atoms with Crippen LogP contribution in [0.1, 0.15) is 73.1 Å². The maximum atomic E-state index is 13.8. The molecule has 0 bridgehead atoms. The van der Waals surface area contributed by atoms with Crippen LogP contribution in [-0.2, 0) is 23.9 Å². The Morgan fingerprint density at radius 1 is 1.00 bits per heavy atom. The number of ether oxygens (including phenoxy) is 2. The number of nitrogens with one attached hydrogen (secondary N) is 1. The van der Waals surface area contributed by atoms with Crippen LogP contribution >= 0.6 is 0 Å². The summed E-state index contributed by atoms with van der Waals surface area (Å²) < 4.78 is 11.8. The quantitative estimate of drug-likeness (QED) is 0.288. The lowest BCUT2D eigenvalue weighted by Crippen LogP contribution is -2.53. The SMILES string of the molecule is CC[C@H](C)[C@@H]([C@@H](CC(=O)N1CCCC1[C@H](OC)[C@@H](C)C(=O)NCCC1C=CC=CC=C1)OC)N(C)C(=O)CC(C)C. The van der Waals surface area contributed by atoms with Crippen molar-refractivity contribution in [2.45, 2.75) is 97.4 Å². The number of amides is 3. The van der Waals surface area contributed by atoms with Crippen molar-refractivity contribution in [3.8, 4) is 0 Å². The number of rotatable bonds is 16. The van der Waals surface area contributed by atoms with E-state index in [2.05, 4.69) is 31.3 Å². The van der Waals surface area contributed by atoms with Gasteiger partial charge in [0, 0.05) is 40.8 Å².